The number of rotatable bonds is 2. The largest absolute Gasteiger partial charge is 0.389 e. The molecule has 4 fully saturated rings. The molecular formula is C21H28O5. The number of aliphatic hydroxyl groups excluding tert-OH is 2. The fourth-order valence-electron chi connectivity index (χ4n) is 7.92. The first-order chi connectivity index (χ1) is 12.4. The van der Waals surface area contributed by atoms with Gasteiger partial charge in [-0.3, -0.25) is 9.59 Å². The van der Waals surface area contributed by atoms with Crippen molar-refractivity contribution in [2.45, 2.75) is 70.2 Å². The van der Waals surface area contributed by atoms with Crippen molar-refractivity contribution < 1.29 is 24.5 Å². The van der Waals surface area contributed by atoms with Gasteiger partial charge in [-0.15, -0.1) is 0 Å². The van der Waals surface area contributed by atoms with E-state index in [4.69, 9.17) is 4.74 Å². The molecule has 5 rings (SSSR count). The Hall–Kier alpha value is -1.04. The van der Waals surface area contributed by atoms with E-state index in [1.54, 1.807) is 6.08 Å². The van der Waals surface area contributed by atoms with Crippen LogP contribution in [0.15, 0.2) is 11.6 Å². The first-order valence-electron chi connectivity index (χ1n) is 10.1. The van der Waals surface area contributed by atoms with Gasteiger partial charge in [-0.25, -0.2) is 0 Å². The molecule has 7 atom stereocenters. The Bertz CT molecular complexity index is 713. The maximum Gasteiger partial charge on any atom is 0.165 e. The average Bonchev–Trinajstić information content (AvgIpc) is 3.05. The van der Waals surface area contributed by atoms with Crippen LogP contribution in [0.1, 0.15) is 58.3 Å². The summed E-state index contributed by atoms with van der Waals surface area (Å²) >= 11 is 0. The number of carbonyl (C=O) groups excluding carboxylic acids is 2. The van der Waals surface area contributed by atoms with Crippen molar-refractivity contribution >= 4 is 11.6 Å². The molecule has 0 radical (unpaired) electrons. The van der Waals surface area contributed by atoms with Gasteiger partial charge in [0.15, 0.2) is 17.9 Å². The van der Waals surface area contributed by atoms with Gasteiger partial charge in [0, 0.05) is 23.7 Å². The zero-order valence-electron chi connectivity index (χ0n) is 15.4. The van der Waals surface area contributed by atoms with Gasteiger partial charge in [-0.2, -0.15) is 0 Å². The van der Waals surface area contributed by atoms with E-state index in [1.807, 2.05) is 0 Å². The zero-order chi connectivity index (χ0) is 18.3. The van der Waals surface area contributed by atoms with Gasteiger partial charge < -0.3 is 14.9 Å². The van der Waals surface area contributed by atoms with Gasteiger partial charge in [0.1, 0.15) is 6.61 Å². The summed E-state index contributed by atoms with van der Waals surface area (Å²) in [6.07, 6.45) is 7.34. The van der Waals surface area contributed by atoms with Gasteiger partial charge in [0.05, 0.1) is 5.60 Å². The molecule has 0 aromatic rings. The van der Waals surface area contributed by atoms with Crippen molar-refractivity contribution in [3.8, 4) is 0 Å². The minimum absolute atomic E-state index is 0.0437. The minimum atomic E-state index is -0.843. The highest BCUT2D eigenvalue weighted by atomic mass is 16.6. The number of fused-ring (bicyclic) bond motifs is 1. The summed E-state index contributed by atoms with van der Waals surface area (Å²) in [7, 11) is 0. The van der Waals surface area contributed by atoms with Crippen LogP contribution < -0.4 is 0 Å². The highest BCUT2D eigenvalue weighted by Gasteiger charge is 2.74. The van der Waals surface area contributed by atoms with E-state index in [2.05, 4.69) is 6.92 Å². The number of aliphatic hydroxyl groups is 2. The number of hydrogen-bond acceptors (Lipinski definition) is 5. The Morgan fingerprint density at radius 1 is 1.19 bits per heavy atom. The van der Waals surface area contributed by atoms with Gasteiger partial charge in [0.25, 0.3) is 0 Å². The van der Waals surface area contributed by atoms with Crippen LogP contribution >= 0.6 is 0 Å². The smallest absolute Gasteiger partial charge is 0.165 e. The van der Waals surface area contributed by atoms with E-state index in [9.17, 15) is 19.8 Å². The first kappa shape index (κ1) is 17.1. The fraction of sp³-hybridized carbons (Fsp3) is 0.810. The molecule has 1 heterocycles. The summed E-state index contributed by atoms with van der Waals surface area (Å²) in [5.41, 5.74) is 0.165. The Morgan fingerprint density at radius 3 is 2.77 bits per heavy atom. The molecule has 5 heteroatoms. The molecule has 142 valence electrons. The Morgan fingerprint density at radius 2 is 2.00 bits per heavy atom. The van der Waals surface area contributed by atoms with Crippen LogP contribution in [0.25, 0.3) is 0 Å². The number of hydrogen-bond donors (Lipinski definition) is 2. The number of ketones is 2. The highest BCUT2D eigenvalue weighted by Crippen LogP contribution is 2.73. The van der Waals surface area contributed by atoms with E-state index >= 15 is 0 Å². The summed E-state index contributed by atoms with van der Waals surface area (Å²) in [5, 5.41) is 20.5. The molecule has 4 aliphatic carbocycles. The molecule has 1 aliphatic heterocycles. The van der Waals surface area contributed by atoms with Crippen LogP contribution in [0.2, 0.25) is 0 Å². The van der Waals surface area contributed by atoms with E-state index in [0.717, 1.165) is 44.1 Å². The minimum Gasteiger partial charge on any atom is -0.389 e. The molecule has 0 aromatic carbocycles. The molecule has 5 aliphatic rings. The normalized spacial score (nSPS) is 52.1. The standard InChI is InChI=1S/C21H28O5/c1-19-7-6-17-20-8-5-13(23)10-12(20)4-9-21(17,26-18(20)25)16(19)3-2-14(19)15(24)11-22/h10,14,16-18,22,25H,2-9,11H2,1H3/t14-,16-,17-,18+,19+,20-,21-/m0/s1. The highest BCUT2D eigenvalue weighted by molar-refractivity contribution is 5.91. The Kier molecular flexibility index (Phi) is 3.46. The van der Waals surface area contributed by atoms with Crippen molar-refractivity contribution in [1.82, 2.24) is 0 Å². The lowest BCUT2D eigenvalue weighted by molar-refractivity contribution is -0.199. The summed E-state index contributed by atoms with van der Waals surface area (Å²) in [5.74, 6) is 0.502. The molecular weight excluding hydrogens is 332 g/mol. The second kappa shape index (κ2) is 5.27. The van der Waals surface area contributed by atoms with Crippen molar-refractivity contribution in [3.05, 3.63) is 11.6 Å². The van der Waals surface area contributed by atoms with Gasteiger partial charge in [-0.05, 0) is 62.4 Å². The van der Waals surface area contributed by atoms with Crippen LogP contribution in [-0.2, 0) is 14.3 Å². The van der Waals surface area contributed by atoms with Gasteiger partial charge >= 0.3 is 0 Å². The molecule has 5 nitrogen and oxygen atoms in total. The maximum atomic E-state index is 12.4. The van der Waals surface area contributed by atoms with Crippen molar-refractivity contribution in [3.63, 3.8) is 0 Å². The molecule has 2 N–H and O–H groups in total. The molecule has 1 spiro atoms. The number of ether oxygens (including phenoxy) is 1. The van der Waals surface area contributed by atoms with E-state index in [-0.39, 0.29) is 46.9 Å². The van der Waals surface area contributed by atoms with Gasteiger partial charge in [0.2, 0.25) is 0 Å². The van der Waals surface area contributed by atoms with Crippen LogP contribution in [-0.4, -0.2) is 40.3 Å². The molecule has 0 aromatic heterocycles. The van der Waals surface area contributed by atoms with Gasteiger partial charge in [-0.1, -0.05) is 12.5 Å². The summed E-state index contributed by atoms with van der Waals surface area (Å²) in [4.78, 5) is 24.4. The molecule has 0 amide bonds. The zero-order valence-corrected chi connectivity index (χ0v) is 15.4. The third-order valence-corrected chi connectivity index (χ3v) is 8.93. The Labute approximate surface area is 153 Å². The maximum absolute atomic E-state index is 12.4. The van der Waals surface area contributed by atoms with E-state index in [0.29, 0.717) is 12.8 Å². The third-order valence-electron chi connectivity index (χ3n) is 8.93. The summed E-state index contributed by atoms with van der Waals surface area (Å²) in [6.45, 7) is 1.82. The molecule has 2 bridgehead atoms. The lowest BCUT2D eigenvalue weighted by Gasteiger charge is -2.58. The molecule has 26 heavy (non-hydrogen) atoms. The molecule has 3 saturated carbocycles. The summed E-state index contributed by atoms with van der Waals surface area (Å²) in [6, 6.07) is 0. The van der Waals surface area contributed by atoms with E-state index < -0.39 is 11.7 Å². The van der Waals surface area contributed by atoms with Crippen LogP contribution in [0.5, 0.6) is 0 Å². The topological polar surface area (TPSA) is 83.8 Å². The SMILES string of the molecule is C[C@]12CC[C@@H]3[C@]4(CCC5=CC(=O)CC[C@]53[C@H](O)O4)[C@H]1CC[C@H]2C(=O)CO. The number of Topliss-reactive ketones (excluding diaryl/α,β-unsaturated/α-hetero) is 1. The summed E-state index contributed by atoms with van der Waals surface area (Å²) < 4.78 is 6.44. The monoisotopic (exact) mass is 360 g/mol. The molecule has 0 unspecified atom stereocenters. The average molecular weight is 360 g/mol. The predicted molar refractivity (Wildman–Crippen MR) is 93.0 cm³/mol. The van der Waals surface area contributed by atoms with Crippen molar-refractivity contribution in [2.75, 3.05) is 6.61 Å². The second-order valence-corrected chi connectivity index (χ2v) is 9.51. The lowest BCUT2D eigenvalue weighted by Crippen LogP contribution is -2.59. The predicted octanol–water partition coefficient (Wildman–Crippen LogP) is 2.15. The van der Waals surface area contributed by atoms with Crippen molar-refractivity contribution in [1.29, 1.82) is 0 Å². The fourth-order valence-corrected chi connectivity index (χ4v) is 7.92. The van der Waals surface area contributed by atoms with Crippen LogP contribution in [0.3, 0.4) is 0 Å². The van der Waals surface area contributed by atoms with Crippen LogP contribution in [0.4, 0.5) is 0 Å². The second-order valence-electron chi connectivity index (χ2n) is 9.51. The lowest BCUT2D eigenvalue weighted by atomic mass is 9.45. The quantitative estimate of drug-likeness (QED) is 0.788. The number of carbonyl (C=O) groups is 2. The third kappa shape index (κ3) is 1.78. The van der Waals surface area contributed by atoms with E-state index in [1.165, 1.54) is 0 Å². The van der Waals surface area contributed by atoms with Crippen molar-refractivity contribution in [2.24, 2.45) is 28.6 Å². The first-order valence-corrected chi connectivity index (χ1v) is 10.1. The Balaban J connectivity index is 1.59. The van der Waals surface area contributed by atoms with Crippen LogP contribution in [0, 0.1) is 28.6 Å². The molecule has 1 saturated heterocycles.